The van der Waals surface area contributed by atoms with Gasteiger partial charge in [-0.05, 0) is 0 Å². The summed E-state index contributed by atoms with van der Waals surface area (Å²) in [5.74, 6) is 1.52. The molecule has 22 aromatic carbocycles. The molecule has 6 heterocycles. The average molecular weight is 1810 g/mol. The van der Waals surface area contributed by atoms with Crippen molar-refractivity contribution in [2.45, 2.75) is 0 Å². The molecule has 0 spiro atoms. The van der Waals surface area contributed by atoms with Crippen LogP contribution >= 0.6 is 0 Å². The predicted molar refractivity (Wildman–Crippen MR) is 542 cm³/mol. The molecule has 0 aliphatic carbocycles. The van der Waals surface area contributed by atoms with Gasteiger partial charge in [-0.2, -0.15) is 0 Å². The Morgan fingerprint density at radius 1 is 0.150 bits per heavy atom. The van der Waals surface area contributed by atoms with Crippen LogP contribution < -0.4 is 0 Å². The van der Waals surface area contributed by atoms with Gasteiger partial charge in [0.15, 0.2) is 0 Å². The molecule has 588 valence electrons. The van der Waals surface area contributed by atoms with E-state index in [0.717, 1.165) is 89.3 Å². The second-order valence-corrected chi connectivity index (χ2v) is 39.5. The van der Waals surface area contributed by atoms with E-state index in [-0.39, 0.29) is 43.5 Å². The molecule has 0 N–H and O–H groups in total. The van der Waals surface area contributed by atoms with Crippen molar-refractivity contribution in [3.05, 3.63) is 413 Å². The summed E-state index contributed by atoms with van der Waals surface area (Å²) in [6.07, 6.45) is 0. The van der Waals surface area contributed by atoms with Crippen molar-refractivity contribution in [2.75, 3.05) is 0 Å². The summed E-state index contributed by atoms with van der Waals surface area (Å²) in [4.78, 5) is 31.7. The fourth-order valence-electron chi connectivity index (χ4n) is 19.7. The van der Waals surface area contributed by atoms with Crippen LogP contribution in [0.1, 0.15) is 0 Å². The van der Waals surface area contributed by atoms with Crippen LogP contribution in [0.4, 0.5) is 0 Å². The third-order valence-corrected chi connectivity index (χ3v) is 33.4. The second-order valence-electron chi connectivity index (χ2n) is 32.9. The normalized spacial score (nSPS) is 11.9. The van der Waals surface area contributed by atoms with Crippen LogP contribution in [-0.4, -0.2) is 73.4 Å². The molecule has 6 aromatic heterocycles. The maximum absolute atomic E-state index is 5.42. The number of hydrogen-bond acceptors (Lipinski definition) is 6. The number of benzene rings is 22. The van der Waals surface area contributed by atoms with Crippen LogP contribution in [0.25, 0.3) is 266 Å². The Kier molecular flexibility index (Phi) is 17.3. The Morgan fingerprint density at radius 3 is 0.882 bits per heavy atom. The number of para-hydroxylation sites is 3. The van der Waals surface area contributed by atoms with Gasteiger partial charge < -0.3 is 0 Å². The molecule has 9 heteroatoms. The number of rotatable bonds is 6. The van der Waals surface area contributed by atoms with Crippen molar-refractivity contribution in [1.29, 1.82) is 0 Å². The first kappa shape index (κ1) is 73.5. The van der Waals surface area contributed by atoms with E-state index in [2.05, 4.69) is 400 Å². The van der Waals surface area contributed by atoms with Crippen LogP contribution in [0.5, 0.6) is 0 Å². The van der Waals surface area contributed by atoms with Gasteiger partial charge in [-0.25, -0.2) is 0 Å². The molecule has 0 saturated heterocycles. The van der Waals surface area contributed by atoms with Gasteiger partial charge in [0.05, 0.1) is 0 Å². The van der Waals surface area contributed by atoms with Crippen molar-refractivity contribution in [3.8, 4) is 67.8 Å². The number of fused-ring (bicyclic) bond motifs is 29. The molecule has 28 rings (SSSR count). The molecule has 0 fully saturated rings. The van der Waals surface area contributed by atoms with E-state index in [0.29, 0.717) is 0 Å². The van der Waals surface area contributed by atoms with Crippen LogP contribution in [0, 0.1) is 0 Å². The summed E-state index contributed by atoms with van der Waals surface area (Å²) < 4.78 is 8.52. The Bertz CT molecular complexity index is 9540. The van der Waals surface area contributed by atoms with Gasteiger partial charge in [-0.3, -0.25) is 0 Å². The van der Waals surface area contributed by atoms with E-state index in [1.165, 1.54) is 177 Å². The van der Waals surface area contributed by atoms with Gasteiger partial charge >= 0.3 is 710 Å². The minimum atomic E-state index is 0.210. The molecule has 127 heavy (non-hydrogen) atoms. The summed E-state index contributed by atoms with van der Waals surface area (Å²) in [6.45, 7) is 0. The van der Waals surface area contributed by atoms with Crippen molar-refractivity contribution in [2.24, 2.45) is 0 Å². The third-order valence-electron chi connectivity index (χ3n) is 25.8. The summed E-state index contributed by atoms with van der Waals surface area (Å²) in [5.41, 5.74) is 14.5. The van der Waals surface area contributed by atoms with E-state index in [1.807, 2.05) is 12.1 Å². The van der Waals surface area contributed by atoms with E-state index in [9.17, 15) is 0 Å². The van der Waals surface area contributed by atoms with Crippen molar-refractivity contribution >= 4 is 242 Å². The van der Waals surface area contributed by atoms with Gasteiger partial charge in [0.25, 0.3) is 0 Å². The molecule has 0 radical (unpaired) electrons. The number of nitrogens with zero attached hydrogens (tertiary/aromatic N) is 6. The first-order valence-corrected chi connectivity index (χ1v) is 48.1. The molecular weight excluding hydrogens is 1740 g/mol. The van der Waals surface area contributed by atoms with Gasteiger partial charge in [-0.15, -0.1) is 0 Å². The Morgan fingerprint density at radius 2 is 0.441 bits per heavy atom. The second kappa shape index (κ2) is 29.9. The van der Waals surface area contributed by atoms with Crippen LogP contribution in [0.3, 0.4) is 0 Å². The Labute approximate surface area is 745 Å². The fourth-order valence-corrected chi connectivity index (χ4v) is 27.3. The van der Waals surface area contributed by atoms with Crippen molar-refractivity contribution in [1.82, 2.24) is 29.9 Å². The Hall–Kier alpha value is -15.0. The first-order valence-electron chi connectivity index (χ1n) is 42.9. The number of hydrogen-bond donors (Lipinski definition) is 0. The zero-order chi connectivity index (χ0) is 83.3. The molecule has 28 aromatic rings. The molecule has 0 atom stereocenters. The fraction of sp³-hybridized carbons (Fsp3) is 0. The van der Waals surface area contributed by atoms with Gasteiger partial charge in [0.1, 0.15) is 0 Å². The van der Waals surface area contributed by atoms with Gasteiger partial charge in [0, 0.05) is 0 Å². The summed E-state index contributed by atoms with van der Waals surface area (Å²) in [7, 11) is 0. The van der Waals surface area contributed by atoms with E-state index in [1.54, 1.807) is 0 Å². The zero-order valence-corrected chi connectivity index (χ0v) is 73.3. The quantitative estimate of drug-likeness (QED) is 0.122. The van der Waals surface area contributed by atoms with Crippen molar-refractivity contribution in [3.63, 3.8) is 0 Å². The van der Waals surface area contributed by atoms with Gasteiger partial charge in [-0.1, -0.05) is 42.5 Å². The average Bonchev–Trinajstić information content (AvgIpc) is 1.73. The zero-order valence-electron chi connectivity index (χ0n) is 68.2. The molecule has 0 aliphatic rings. The van der Waals surface area contributed by atoms with Crippen LogP contribution in [0.15, 0.2) is 413 Å². The van der Waals surface area contributed by atoms with Crippen LogP contribution in [-0.2, 0) is 0 Å². The van der Waals surface area contributed by atoms with Gasteiger partial charge in [0.2, 0.25) is 0 Å². The monoisotopic (exact) mass is 1810 g/mol. The SMILES string of the molecule is c1ccc2c(c1)ccc1c3cc(-c4nc(-c5cccc6c5[se]c5ccccc56)c5ccc6ccccc6c5n4)ccc3ccc21.c1ccc2c(c1)ccc1c3cc(-c4nc(-c5cccc6c5[se]c5ccccc56)c5ccccc5n4)ccc3ccc21.c1ccc2c(c1)ccc1c3cc(-c4nc5ccccc5nc4-c4cccc5c4[se]c4ccccc45)ccc3ccc21. The molecule has 0 amide bonds. The maximum atomic E-state index is 5.42. The third kappa shape index (κ3) is 12.3. The van der Waals surface area contributed by atoms with E-state index in [4.69, 9.17) is 29.9 Å². The molecular formula is C118H68N6Se3. The predicted octanol–water partition coefficient (Wildman–Crippen LogP) is 30.5. The molecule has 0 saturated carbocycles. The van der Waals surface area contributed by atoms with Crippen LogP contribution in [0.2, 0.25) is 0 Å². The van der Waals surface area contributed by atoms with E-state index < -0.39 is 0 Å². The summed E-state index contributed by atoms with van der Waals surface area (Å²) >= 11 is 0.661. The van der Waals surface area contributed by atoms with Crippen molar-refractivity contribution < 1.29 is 0 Å². The topological polar surface area (TPSA) is 77.3 Å². The standard InChI is InChI=1S/C42H24N2Se.2C38H22N2Se/c1-3-10-29-25(8-1)18-22-32-31(29)21-19-27-16-17-28(24-37(27)32)42-43-39-30-11-4-2-9-26(30)20-23-35(39)40(44-42)36-14-7-13-34-33-12-5-6-15-38(33)45-41(34)36;1-2-9-26-23(8-1)18-21-28-27(26)20-19-24-16-17-25(22-32(24)28)36-37(40-34-14-5-4-13-33(34)39-36)31-12-7-11-30-29-10-3-6-15-35(29)41-38(30)31;1-2-9-26-23(8-1)18-21-28-27(26)20-19-24-16-17-25(22-33(24)28)38-39-34-14-5-3-11-31(34)36(40-38)32-13-7-12-30-29-10-4-6-15-35(29)41-37(30)32/h1-24H;2*1-22H. The minimum absolute atomic E-state index is 0.210. The summed E-state index contributed by atoms with van der Waals surface area (Å²) in [6, 6.07) is 149. The first-order chi connectivity index (χ1) is 62.9. The molecule has 0 unspecified atom stereocenters. The Balaban J connectivity index is 0.000000101. The number of aromatic nitrogens is 6. The molecule has 0 aliphatic heterocycles. The molecule has 0 bridgehead atoms. The molecule has 6 nitrogen and oxygen atoms in total. The summed E-state index contributed by atoms with van der Waals surface area (Å²) in [5, 5.41) is 35.1. The van der Waals surface area contributed by atoms with E-state index >= 15 is 0 Å².